The normalized spacial score (nSPS) is 11.6. The highest BCUT2D eigenvalue weighted by Gasteiger charge is 2.24. The number of nitrogens with zero attached hydrogens (tertiary/aromatic N) is 2. The maximum absolute atomic E-state index is 12.4. The van der Waals surface area contributed by atoms with Gasteiger partial charge in [0.1, 0.15) is 0 Å². The molecule has 0 fully saturated rings. The lowest BCUT2D eigenvalue weighted by Gasteiger charge is -2.21. The van der Waals surface area contributed by atoms with E-state index in [1.807, 2.05) is 56.3 Å². The smallest absolute Gasteiger partial charge is 0.240 e. The maximum atomic E-state index is 12.4. The van der Waals surface area contributed by atoms with E-state index in [0.29, 0.717) is 12.1 Å². The Hall–Kier alpha value is -3.45. The summed E-state index contributed by atoms with van der Waals surface area (Å²) >= 11 is 0. The summed E-state index contributed by atoms with van der Waals surface area (Å²) in [5.41, 5.74) is 4.95. The number of hydrogen-bond acceptors (Lipinski definition) is 5. The average molecular weight is 448 g/mol. The summed E-state index contributed by atoms with van der Waals surface area (Å²) in [5.74, 6) is -0.433. The van der Waals surface area contributed by atoms with Gasteiger partial charge in [0.15, 0.2) is 0 Å². The zero-order chi connectivity index (χ0) is 22.9. The molecule has 0 aliphatic heterocycles. The van der Waals surface area contributed by atoms with Crippen LogP contribution in [-0.4, -0.2) is 25.6 Å². The highest BCUT2D eigenvalue weighted by molar-refractivity contribution is 7.92. The van der Waals surface area contributed by atoms with Crippen molar-refractivity contribution in [1.82, 2.24) is 4.98 Å². The van der Waals surface area contributed by atoms with Gasteiger partial charge in [-0.3, -0.25) is 4.79 Å². The molecule has 0 radical (unpaired) electrons. The average Bonchev–Trinajstić information content (AvgIpc) is 2.75. The molecule has 1 heterocycles. The number of para-hydroxylation sites is 2. The van der Waals surface area contributed by atoms with Gasteiger partial charge in [0.2, 0.25) is 15.9 Å². The van der Waals surface area contributed by atoms with Gasteiger partial charge < -0.3 is 5.32 Å². The van der Waals surface area contributed by atoms with Crippen molar-refractivity contribution in [3.63, 3.8) is 0 Å². The van der Waals surface area contributed by atoms with E-state index >= 15 is 0 Å². The Morgan fingerprint density at radius 3 is 2.34 bits per heavy atom. The zero-order valence-corrected chi connectivity index (χ0v) is 19.1. The second-order valence-corrected chi connectivity index (χ2v) is 9.65. The van der Waals surface area contributed by atoms with E-state index in [9.17, 15) is 13.2 Å². The van der Waals surface area contributed by atoms with Crippen LogP contribution in [0.3, 0.4) is 0 Å². The monoisotopic (exact) mass is 447 g/mol. The van der Waals surface area contributed by atoms with Crippen LogP contribution in [0.4, 0.5) is 17.1 Å². The molecule has 0 saturated carbocycles. The fraction of sp³-hybridized carbons (Fsp3) is 0.200. The number of hydrogen-bond donors (Lipinski definition) is 1. The Labute approximate surface area is 187 Å². The van der Waals surface area contributed by atoms with E-state index in [1.54, 1.807) is 24.3 Å². The molecule has 1 amide bonds. The van der Waals surface area contributed by atoms with Crippen molar-refractivity contribution in [2.45, 2.75) is 26.7 Å². The summed E-state index contributed by atoms with van der Waals surface area (Å²) in [7, 11) is -3.72. The number of pyridine rings is 1. The first-order valence-electron chi connectivity index (χ1n) is 10.5. The van der Waals surface area contributed by atoms with Crippen molar-refractivity contribution in [1.29, 1.82) is 0 Å². The van der Waals surface area contributed by atoms with Crippen molar-refractivity contribution in [3.8, 4) is 0 Å². The van der Waals surface area contributed by atoms with Gasteiger partial charge in [0, 0.05) is 22.9 Å². The highest BCUT2D eigenvalue weighted by atomic mass is 32.2. The molecule has 0 aliphatic carbocycles. The van der Waals surface area contributed by atoms with Crippen molar-refractivity contribution < 1.29 is 13.2 Å². The Morgan fingerprint density at radius 2 is 1.66 bits per heavy atom. The van der Waals surface area contributed by atoms with Crippen LogP contribution in [0.2, 0.25) is 0 Å². The number of aryl methyl sites for hydroxylation is 1. The number of anilines is 3. The molecule has 0 bridgehead atoms. The maximum Gasteiger partial charge on any atom is 0.240 e. The van der Waals surface area contributed by atoms with Gasteiger partial charge in [-0.2, -0.15) is 0 Å². The number of carbonyl (C=O) groups excluding carboxylic acids is 1. The SMILES string of the molecule is CCCC(=O)N(c1ccc(Nc2c3ccccc3nc3c(C)cccc23)cc1)S(C)(=O)=O. The fourth-order valence-corrected chi connectivity index (χ4v) is 4.82. The third-order valence-electron chi connectivity index (χ3n) is 5.31. The van der Waals surface area contributed by atoms with Crippen LogP contribution in [0, 0.1) is 6.92 Å². The first-order valence-corrected chi connectivity index (χ1v) is 12.3. The van der Waals surface area contributed by atoms with E-state index in [0.717, 1.165) is 49.3 Å². The van der Waals surface area contributed by atoms with Crippen LogP contribution >= 0.6 is 0 Å². The number of fused-ring (bicyclic) bond motifs is 2. The lowest BCUT2D eigenvalue weighted by Crippen LogP contribution is -2.35. The van der Waals surface area contributed by atoms with Crippen LogP contribution in [0.1, 0.15) is 25.3 Å². The Balaban J connectivity index is 1.77. The predicted octanol–water partition coefficient (Wildman–Crippen LogP) is 5.53. The lowest BCUT2D eigenvalue weighted by molar-refractivity contribution is -0.117. The number of sulfonamides is 1. The fourth-order valence-electron chi connectivity index (χ4n) is 3.85. The quantitative estimate of drug-likeness (QED) is 0.393. The molecule has 7 heteroatoms. The summed E-state index contributed by atoms with van der Waals surface area (Å²) in [6, 6.07) is 20.9. The van der Waals surface area contributed by atoms with Crippen molar-refractivity contribution in [2.75, 3.05) is 15.9 Å². The largest absolute Gasteiger partial charge is 0.354 e. The molecule has 0 unspecified atom stereocenters. The van der Waals surface area contributed by atoms with Gasteiger partial charge in [0.05, 0.1) is 28.7 Å². The molecule has 1 N–H and O–H groups in total. The van der Waals surface area contributed by atoms with Gasteiger partial charge in [0.25, 0.3) is 0 Å². The minimum Gasteiger partial charge on any atom is -0.354 e. The summed E-state index contributed by atoms with van der Waals surface area (Å²) in [4.78, 5) is 17.2. The molecule has 3 aromatic carbocycles. The zero-order valence-electron chi connectivity index (χ0n) is 18.3. The molecule has 4 rings (SSSR count). The Bertz CT molecular complexity index is 1410. The third kappa shape index (κ3) is 4.16. The second-order valence-electron chi connectivity index (χ2n) is 7.82. The lowest BCUT2D eigenvalue weighted by atomic mass is 10.0. The van der Waals surface area contributed by atoms with Crippen molar-refractivity contribution in [3.05, 3.63) is 72.3 Å². The number of amides is 1. The van der Waals surface area contributed by atoms with Crippen molar-refractivity contribution in [2.24, 2.45) is 0 Å². The van der Waals surface area contributed by atoms with E-state index in [1.165, 1.54) is 0 Å². The van der Waals surface area contributed by atoms with Gasteiger partial charge >= 0.3 is 0 Å². The molecular weight excluding hydrogens is 422 g/mol. The number of aromatic nitrogens is 1. The minimum absolute atomic E-state index is 0.168. The van der Waals surface area contributed by atoms with Crippen LogP contribution in [-0.2, 0) is 14.8 Å². The van der Waals surface area contributed by atoms with Gasteiger partial charge in [-0.1, -0.05) is 43.3 Å². The number of carbonyl (C=O) groups is 1. The van der Waals surface area contributed by atoms with E-state index in [4.69, 9.17) is 4.98 Å². The summed E-state index contributed by atoms with van der Waals surface area (Å²) in [5, 5.41) is 5.48. The Kier molecular flexibility index (Phi) is 5.84. The predicted molar refractivity (Wildman–Crippen MR) is 131 cm³/mol. The topological polar surface area (TPSA) is 79.4 Å². The van der Waals surface area contributed by atoms with Crippen LogP contribution in [0.5, 0.6) is 0 Å². The number of rotatable bonds is 6. The van der Waals surface area contributed by atoms with Gasteiger partial charge in [-0.15, -0.1) is 0 Å². The molecule has 0 aliphatic rings. The molecule has 32 heavy (non-hydrogen) atoms. The highest BCUT2D eigenvalue weighted by Crippen LogP contribution is 2.34. The molecule has 4 aromatic rings. The van der Waals surface area contributed by atoms with Gasteiger partial charge in [-0.05, 0) is 49.2 Å². The molecule has 0 spiro atoms. The summed E-state index contributed by atoms with van der Waals surface area (Å²) < 4.78 is 25.3. The molecule has 0 atom stereocenters. The first kappa shape index (κ1) is 21.8. The number of benzene rings is 3. The summed E-state index contributed by atoms with van der Waals surface area (Å²) in [6.45, 7) is 3.88. The van der Waals surface area contributed by atoms with Crippen LogP contribution in [0.25, 0.3) is 21.8 Å². The molecular formula is C25H25N3O3S. The minimum atomic E-state index is -3.72. The van der Waals surface area contributed by atoms with Crippen molar-refractivity contribution >= 4 is 54.8 Å². The third-order valence-corrected chi connectivity index (χ3v) is 6.38. The van der Waals surface area contributed by atoms with E-state index in [-0.39, 0.29) is 6.42 Å². The number of nitrogens with one attached hydrogen (secondary N) is 1. The Morgan fingerprint density at radius 1 is 0.969 bits per heavy atom. The molecule has 0 saturated heterocycles. The first-order chi connectivity index (χ1) is 15.3. The van der Waals surface area contributed by atoms with Gasteiger partial charge in [-0.25, -0.2) is 17.7 Å². The van der Waals surface area contributed by atoms with E-state index < -0.39 is 15.9 Å². The second kappa shape index (κ2) is 8.59. The molecule has 6 nitrogen and oxygen atoms in total. The standard InChI is InChI=1S/C25H25N3O3S/c1-4-8-23(29)28(32(3,30)31)19-15-13-18(14-16-19)26-25-20-10-5-6-12-22(20)27-24-17(2)9-7-11-21(24)25/h5-7,9-16H,4,8H2,1-3H3,(H,26,27). The molecule has 164 valence electrons. The van der Waals surface area contributed by atoms with Crippen LogP contribution < -0.4 is 9.62 Å². The van der Waals surface area contributed by atoms with E-state index in [2.05, 4.69) is 5.32 Å². The molecule has 1 aromatic heterocycles. The summed E-state index contributed by atoms with van der Waals surface area (Å²) in [6.07, 6.45) is 1.79. The van der Waals surface area contributed by atoms with Crippen LogP contribution in [0.15, 0.2) is 66.7 Å².